The standard InChI is InChI=1S/C51H95NO18/c1-3-5-7-9-11-12-13-14-15-16-17-18-19-20-21-22-23-25-27-29-39(57)52-34(35(56)28-26-24-10-8-6-4-2)33-65-49-45(63)42(60)47(37(31-54)67-49)70-51-46(64)43(61)48(38(32-55)68-51)69-50-44(62)41(59)40(58)36(30-53)66-50/h14-15,34-38,40-51,53-56,58-64H,3-13,16-33H2,1-2H3,(H,52,57)/b15-14-. The Balaban J connectivity index is 1.46. The summed E-state index contributed by atoms with van der Waals surface area (Å²) in [4.78, 5) is 13.2. The second-order valence-corrected chi connectivity index (χ2v) is 19.7. The number of unbranched alkanes of at least 4 members (excludes halogenated alkanes) is 20. The third-order valence-electron chi connectivity index (χ3n) is 13.8. The molecule has 3 rings (SSSR count). The minimum absolute atomic E-state index is 0.251. The minimum Gasteiger partial charge on any atom is -0.394 e. The molecule has 0 aliphatic carbocycles. The highest BCUT2D eigenvalue weighted by Gasteiger charge is 2.53. The van der Waals surface area contributed by atoms with E-state index in [1.165, 1.54) is 77.0 Å². The van der Waals surface area contributed by atoms with Crippen LogP contribution in [0.4, 0.5) is 0 Å². The van der Waals surface area contributed by atoms with Crippen LogP contribution in [0.2, 0.25) is 0 Å². The van der Waals surface area contributed by atoms with E-state index in [0.717, 1.165) is 64.2 Å². The first-order chi connectivity index (χ1) is 33.8. The van der Waals surface area contributed by atoms with E-state index in [1.807, 2.05) is 0 Å². The number of allylic oxidation sites excluding steroid dienone is 2. The zero-order chi connectivity index (χ0) is 51.3. The predicted molar refractivity (Wildman–Crippen MR) is 259 cm³/mol. The molecule has 0 aromatic rings. The summed E-state index contributed by atoms with van der Waals surface area (Å²) >= 11 is 0. The van der Waals surface area contributed by atoms with Gasteiger partial charge in [-0.3, -0.25) is 4.79 Å². The average molecular weight is 1010 g/mol. The molecule has 12 N–H and O–H groups in total. The Bertz CT molecular complexity index is 1350. The smallest absolute Gasteiger partial charge is 0.220 e. The fourth-order valence-corrected chi connectivity index (χ4v) is 9.31. The second-order valence-electron chi connectivity index (χ2n) is 19.7. The molecule has 0 saturated carbocycles. The number of carbonyl (C=O) groups excluding carboxylic acids is 1. The molecule has 3 aliphatic heterocycles. The molecule has 0 aromatic carbocycles. The summed E-state index contributed by atoms with van der Waals surface area (Å²) in [6.45, 7) is 1.68. The largest absolute Gasteiger partial charge is 0.394 e. The number of rotatable bonds is 38. The third-order valence-corrected chi connectivity index (χ3v) is 13.8. The quantitative estimate of drug-likeness (QED) is 0.0313. The number of hydrogen-bond donors (Lipinski definition) is 12. The van der Waals surface area contributed by atoms with Gasteiger partial charge in [0.1, 0.15) is 73.2 Å². The number of aliphatic hydroxyl groups is 11. The minimum atomic E-state index is -1.97. The predicted octanol–water partition coefficient (Wildman–Crippen LogP) is 2.65. The van der Waals surface area contributed by atoms with Crippen molar-refractivity contribution in [1.29, 1.82) is 0 Å². The first-order valence-corrected chi connectivity index (χ1v) is 26.9. The lowest BCUT2D eigenvalue weighted by Gasteiger charge is -2.48. The van der Waals surface area contributed by atoms with Crippen molar-refractivity contribution < 1.29 is 89.4 Å². The van der Waals surface area contributed by atoms with Gasteiger partial charge in [-0.1, -0.05) is 142 Å². The summed E-state index contributed by atoms with van der Waals surface area (Å²) in [7, 11) is 0. The average Bonchev–Trinajstić information content (AvgIpc) is 3.35. The van der Waals surface area contributed by atoms with Gasteiger partial charge in [-0.25, -0.2) is 0 Å². The van der Waals surface area contributed by atoms with Crippen molar-refractivity contribution >= 4 is 5.91 Å². The molecule has 70 heavy (non-hydrogen) atoms. The van der Waals surface area contributed by atoms with E-state index in [9.17, 15) is 61.0 Å². The molecule has 0 radical (unpaired) electrons. The van der Waals surface area contributed by atoms with Gasteiger partial charge in [0.2, 0.25) is 5.91 Å². The lowest BCUT2D eigenvalue weighted by Crippen LogP contribution is -2.66. The molecule has 1 amide bonds. The van der Waals surface area contributed by atoms with Crippen LogP contribution in [0.25, 0.3) is 0 Å². The van der Waals surface area contributed by atoms with Crippen LogP contribution in [0.15, 0.2) is 12.2 Å². The normalized spacial score (nSPS) is 32.6. The van der Waals surface area contributed by atoms with Crippen LogP contribution in [-0.4, -0.2) is 193 Å². The van der Waals surface area contributed by atoms with E-state index in [2.05, 4.69) is 31.3 Å². The first kappa shape index (κ1) is 62.8. The summed E-state index contributed by atoms with van der Waals surface area (Å²) in [5.74, 6) is -0.251. The second kappa shape index (κ2) is 36.5. The molecule has 19 heteroatoms. The van der Waals surface area contributed by atoms with Crippen LogP contribution in [0.3, 0.4) is 0 Å². The van der Waals surface area contributed by atoms with Gasteiger partial charge in [-0.05, 0) is 38.5 Å². The Labute approximate surface area is 416 Å². The molecule has 3 heterocycles. The van der Waals surface area contributed by atoms with Crippen molar-refractivity contribution in [1.82, 2.24) is 5.32 Å². The van der Waals surface area contributed by atoms with E-state index in [4.69, 9.17) is 28.4 Å². The SMILES string of the molecule is CCCCCCCC/C=C\CCCCCCCCCCCC(=O)NC(COC1OC(CO)C(OC2OC(CO)C(OC3OC(CO)C(O)C(O)C3O)C(O)C2O)C(O)C1O)C(O)CCCCCCCC. The van der Waals surface area contributed by atoms with Crippen LogP contribution >= 0.6 is 0 Å². The lowest BCUT2D eigenvalue weighted by molar-refractivity contribution is -0.379. The first-order valence-electron chi connectivity index (χ1n) is 26.9. The lowest BCUT2D eigenvalue weighted by atomic mass is 9.96. The fourth-order valence-electron chi connectivity index (χ4n) is 9.31. The molecule has 19 nitrogen and oxygen atoms in total. The van der Waals surface area contributed by atoms with E-state index >= 15 is 0 Å². The molecule has 0 aromatic heterocycles. The van der Waals surface area contributed by atoms with Crippen LogP contribution in [0.1, 0.15) is 174 Å². The summed E-state index contributed by atoms with van der Waals surface area (Å²) in [6.07, 6.45) is 5.07. The van der Waals surface area contributed by atoms with Gasteiger partial charge in [-0.15, -0.1) is 0 Å². The Morgan fingerprint density at radius 3 is 1.39 bits per heavy atom. The zero-order valence-corrected chi connectivity index (χ0v) is 42.3. The van der Waals surface area contributed by atoms with Crippen molar-refractivity contribution in [3.63, 3.8) is 0 Å². The van der Waals surface area contributed by atoms with E-state index in [-0.39, 0.29) is 18.9 Å². The van der Waals surface area contributed by atoms with E-state index < -0.39 is 124 Å². The molecule has 3 fully saturated rings. The maximum atomic E-state index is 13.2. The van der Waals surface area contributed by atoms with Gasteiger partial charge < -0.3 is 89.9 Å². The van der Waals surface area contributed by atoms with Gasteiger partial charge in [0, 0.05) is 6.42 Å². The Kier molecular flexibility index (Phi) is 32.7. The highest BCUT2D eigenvalue weighted by atomic mass is 16.8. The number of hydrogen-bond acceptors (Lipinski definition) is 18. The maximum Gasteiger partial charge on any atom is 0.220 e. The molecule has 3 saturated heterocycles. The summed E-state index contributed by atoms with van der Waals surface area (Å²) in [5, 5.41) is 119. The molecule has 0 bridgehead atoms. The highest BCUT2D eigenvalue weighted by Crippen LogP contribution is 2.33. The van der Waals surface area contributed by atoms with Crippen LogP contribution < -0.4 is 5.32 Å². The van der Waals surface area contributed by atoms with Crippen molar-refractivity contribution in [2.24, 2.45) is 0 Å². The Morgan fingerprint density at radius 2 is 0.900 bits per heavy atom. The van der Waals surface area contributed by atoms with Crippen molar-refractivity contribution in [3.05, 3.63) is 12.2 Å². The van der Waals surface area contributed by atoms with Crippen LogP contribution in [0.5, 0.6) is 0 Å². The molecule has 3 aliphatic rings. The highest BCUT2D eigenvalue weighted by molar-refractivity contribution is 5.76. The molecule has 0 spiro atoms. The molecular weight excluding hydrogens is 915 g/mol. The molecule has 412 valence electrons. The molecule has 17 unspecified atom stereocenters. The van der Waals surface area contributed by atoms with Crippen LogP contribution in [0, 0.1) is 0 Å². The Hall–Kier alpha value is -1.47. The van der Waals surface area contributed by atoms with Gasteiger partial charge in [0.15, 0.2) is 18.9 Å². The monoisotopic (exact) mass is 1010 g/mol. The number of amides is 1. The van der Waals surface area contributed by atoms with Crippen molar-refractivity contribution in [2.45, 2.75) is 279 Å². The zero-order valence-electron chi connectivity index (χ0n) is 42.3. The number of nitrogens with one attached hydrogen (secondary N) is 1. The molecular formula is C51H95NO18. The van der Waals surface area contributed by atoms with Gasteiger partial charge in [0.25, 0.3) is 0 Å². The van der Waals surface area contributed by atoms with Crippen molar-refractivity contribution in [2.75, 3.05) is 26.4 Å². The number of ether oxygens (including phenoxy) is 6. The maximum absolute atomic E-state index is 13.2. The van der Waals surface area contributed by atoms with Gasteiger partial charge in [0.05, 0.1) is 38.6 Å². The summed E-state index contributed by atoms with van der Waals surface area (Å²) in [5.41, 5.74) is 0. The fraction of sp³-hybridized carbons (Fsp3) is 0.941. The summed E-state index contributed by atoms with van der Waals surface area (Å²) < 4.78 is 34.1. The third kappa shape index (κ3) is 21.8. The molecule has 17 atom stereocenters. The van der Waals surface area contributed by atoms with Gasteiger partial charge in [-0.2, -0.15) is 0 Å². The number of carbonyl (C=O) groups is 1. The topological polar surface area (TPSA) is 307 Å². The van der Waals surface area contributed by atoms with E-state index in [1.54, 1.807) is 0 Å². The summed E-state index contributed by atoms with van der Waals surface area (Å²) in [6, 6.07) is -0.880. The Morgan fingerprint density at radius 1 is 0.500 bits per heavy atom. The van der Waals surface area contributed by atoms with Gasteiger partial charge >= 0.3 is 0 Å². The van der Waals surface area contributed by atoms with Crippen LogP contribution in [-0.2, 0) is 33.2 Å². The van der Waals surface area contributed by atoms with E-state index in [0.29, 0.717) is 12.8 Å². The number of aliphatic hydroxyl groups excluding tert-OH is 11. The van der Waals surface area contributed by atoms with Crippen molar-refractivity contribution in [3.8, 4) is 0 Å².